The van der Waals surface area contributed by atoms with Crippen LogP contribution in [0.1, 0.15) is 25.3 Å². The van der Waals surface area contributed by atoms with Gasteiger partial charge in [-0.05, 0) is 53.1 Å². The lowest BCUT2D eigenvalue weighted by atomic mass is 10.2. The van der Waals surface area contributed by atoms with E-state index in [0.29, 0.717) is 23.0 Å². The number of hydrogen-bond donors (Lipinski definition) is 0. The minimum Gasteiger partial charge on any atom is -0.486 e. The number of nitro groups is 1. The Morgan fingerprint density at radius 1 is 1.15 bits per heavy atom. The molecule has 2 aliphatic rings. The predicted molar refractivity (Wildman–Crippen MR) is 145 cm³/mol. The highest BCUT2D eigenvalue weighted by atomic mass is 35.5. The standard InChI is InChI=1S/C25H27ClN6O6S/c1-25(7-8-25)17-38-22-21(15-28-31(24(22)33)20-6-2-5-19(26)14-20)29-10-12-30(13-11-29)39(36,37)16-18-4-3-9-27-23(18)32(34)35/h2-6,9,14-15H,7-8,10-13,16-17H2,1H3. The zero-order chi connectivity index (χ0) is 27.8. The number of rotatable bonds is 9. The molecule has 2 aromatic heterocycles. The molecule has 1 aromatic carbocycles. The molecular weight excluding hydrogens is 548 g/mol. The van der Waals surface area contributed by atoms with Crippen LogP contribution in [0.3, 0.4) is 0 Å². The van der Waals surface area contributed by atoms with Gasteiger partial charge in [0.05, 0.1) is 29.8 Å². The van der Waals surface area contributed by atoms with Gasteiger partial charge in [0.15, 0.2) is 0 Å². The fourth-order valence-corrected chi connectivity index (χ4v) is 6.09. The van der Waals surface area contributed by atoms with Crippen molar-refractivity contribution in [2.75, 3.05) is 37.7 Å². The number of benzene rings is 1. The fourth-order valence-electron chi connectivity index (χ4n) is 4.39. The predicted octanol–water partition coefficient (Wildman–Crippen LogP) is 3.02. The molecule has 3 aromatic rings. The maximum Gasteiger partial charge on any atom is 0.367 e. The molecular formula is C25H27ClN6O6S. The van der Waals surface area contributed by atoms with Crippen LogP contribution in [0.2, 0.25) is 5.02 Å². The monoisotopic (exact) mass is 574 g/mol. The molecule has 0 spiro atoms. The van der Waals surface area contributed by atoms with Crippen LogP contribution in [0.5, 0.6) is 5.75 Å². The first-order valence-corrected chi connectivity index (χ1v) is 14.4. The maximum atomic E-state index is 13.5. The topological polar surface area (TPSA) is 141 Å². The van der Waals surface area contributed by atoms with E-state index < -0.39 is 32.1 Å². The van der Waals surface area contributed by atoms with Crippen LogP contribution >= 0.6 is 11.6 Å². The van der Waals surface area contributed by atoms with Crippen molar-refractivity contribution in [2.24, 2.45) is 5.41 Å². The van der Waals surface area contributed by atoms with E-state index in [1.54, 1.807) is 30.5 Å². The summed E-state index contributed by atoms with van der Waals surface area (Å²) in [7, 11) is -3.85. The second-order valence-electron chi connectivity index (χ2n) is 10.0. The second kappa shape index (κ2) is 10.5. The molecule has 2 fully saturated rings. The van der Waals surface area contributed by atoms with Gasteiger partial charge in [-0.1, -0.05) is 24.6 Å². The van der Waals surface area contributed by atoms with E-state index in [4.69, 9.17) is 16.3 Å². The molecule has 1 aliphatic heterocycles. The summed E-state index contributed by atoms with van der Waals surface area (Å²) in [5.41, 5.74) is 0.612. The summed E-state index contributed by atoms with van der Waals surface area (Å²) in [5, 5.41) is 16.1. The molecule has 3 heterocycles. The number of anilines is 1. The Morgan fingerprint density at radius 3 is 2.56 bits per heavy atom. The van der Waals surface area contributed by atoms with E-state index in [-0.39, 0.29) is 42.9 Å². The molecule has 0 amide bonds. The van der Waals surface area contributed by atoms with E-state index in [1.165, 1.54) is 27.3 Å². The third kappa shape index (κ3) is 5.89. The van der Waals surface area contributed by atoms with Crippen LogP contribution in [-0.4, -0.2) is 65.2 Å². The molecule has 1 saturated carbocycles. The van der Waals surface area contributed by atoms with Gasteiger partial charge in [-0.3, -0.25) is 4.79 Å². The van der Waals surface area contributed by atoms with Crippen LogP contribution in [0, 0.1) is 15.5 Å². The number of aromatic nitrogens is 3. The molecule has 5 rings (SSSR count). The van der Waals surface area contributed by atoms with Crippen LogP contribution < -0.4 is 15.2 Å². The molecule has 206 valence electrons. The number of nitrogens with zero attached hydrogens (tertiary/aromatic N) is 6. The first kappa shape index (κ1) is 27.0. The highest BCUT2D eigenvalue weighted by Crippen LogP contribution is 2.45. The Morgan fingerprint density at radius 2 is 1.90 bits per heavy atom. The van der Waals surface area contributed by atoms with E-state index in [2.05, 4.69) is 17.0 Å². The number of piperazine rings is 1. The Labute approximate surface area is 230 Å². The quantitative estimate of drug-likeness (QED) is 0.278. The SMILES string of the molecule is CC1(COc2c(N3CCN(S(=O)(=O)Cc4cccnc4[N+](=O)[O-])CC3)cnn(-c3cccc(Cl)c3)c2=O)CC1. The zero-order valence-electron chi connectivity index (χ0n) is 21.2. The van der Waals surface area contributed by atoms with Gasteiger partial charge in [-0.15, -0.1) is 0 Å². The van der Waals surface area contributed by atoms with Crippen molar-refractivity contribution < 1.29 is 18.1 Å². The normalized spacial score (nSPS) is 17.1. The lowest BCUT2D eigenvalue weighted by Crippen LogP contribution is -2.49. The molecule has 1 saturated heterocycles. The van der Waals surface area contributed by atoms with Crippen LogP contribution in [0.15, 0.2) is 53.6 Å². The van der Waals surface area contributed by atoms with Crippen molar-refractivity contribution in [2.45, 2.75) is 25.5 Å². The van der Waals surface area contributed by atoms with E-state index in [0.717, 1.165) is 12.8 Å². The van der Waals surface area contributed by atoms with Gasteiger partial charge in [0.25, 0.3) is 0 Å². The maximum absolute atomic E-state index is 13.5. The Bertz CT molecular complexity index is 1570. The highest BCUT2D eigenvalue weighted by molar-refractivity contribution is 7.88. The molecule has 39 heavy (non-hydrogen) atoms. The van der Waals surface area contributed by atoms with Crippen molar-refractivity contribution in [3.05, 3.63) is 79.8 Å². The number of halogens is 1. The lowest BCUT2D eigenvalue weighted by Gasteiger charge is -2.35. The van der Waals surface area contributed by atoms with Gasteiger partial charge < -0.3 is 19.8 Å². The smallest absolute Gasteiger partial charge is 0.367 e. The third-order valence-electron chi connectivity index (χ3n) is 6.99. The van der Waals surface area contributed by atoms with E-state index >= 15 is 0 Å². The summed E-state index contributed by atoms with van der Waals surface area (Å²) in [5.74, 6) is -0.848. The van der Waals surface area contributed by atoms with E-state index in [9.17, 15) is 23.3 Å². The van der Waals surface area contributed by atoms with Crippen molar-refractivity contribution in [1.29, 1.82) is 0 Å². The van der Waals surface area contributed by atoms with Crippen molar-refractivity contribution >= 4 is 33.1 Å². The second-order valence-corrected chi connectivity index (χ2v) is 12.4. The minimum atomic E-state index is -3.85. The molecule has 0 N–H and O–H groups in total. The molecule has 14 heteroatoms. The number of hydrogen-bond acceptors (Lipinski definition) is 9. The Balaban J connectivity index is 1.37. The summed E-state index contributed by atoms with van der Waals surface area (Å²) in [4.78, 5) is 29.7. The molecule has 1 aliphatic carbocycles. The molecule has 0 bridgehead atoms. The van der Waals surface area contributed by atoms with Gasteiger partial charge in [-0.25, -0.2) is 8.42 Å². The number of pyridine rings is 1. The van der Waals surface area contributed by atoms with Gasteiger partial charge in [0.1, 0.15) is 11.9 Å². The van der Waals surface area contributed by atoms with Gasteiger partial charge in [0, 0.05) is 36.6 Å². The van der Waals surface area contributed by atoms with Gasteiger partial charge in [0.2, 0.25) is 15.8 Å². The summed E-state index contributed by atoms with van der Waals surface area (Å²) in [6.07, 6.45) is 4.84. The minimum absolute atomic E-state index is 0.0234. The van der Waals surface area contributed by atoms with Crippen molar-refractivity contribution in [3.8, 4) is 11.4 Å². The average Bonchev–Trinajstić information content (AvgIpc) is 3.65. The van der Waals surface area contributed by atoms with E-state index in [1.807, 2.05) is 4.90 Å². The average molecular weight is 575 g/mol. The highest BCUT2D eigenvalue weighted by Gasteiger charge is 2.39. The van der Waals surface area contributed by atoms with Crippen molar-refractivity contribution in [3.63, 3.8) is 0 Å². The van der Waals surface area contributed by atoms with Gasteiger partial charge in [-0.2, -0.15) is 14.1 Å². The first-order valence-electron chi connectivity index (χ1n) is 12.4. The lowest BCUT2D eigenvalue weighted by molar-refractivity contribution is -0.390. The Hall–Kier alpha value is -3.55. The van der Waals surface area contributed by atoms with Gasteiger partial charge >= 0.3 is 11.4 Å². The Kier molecular flexibility index (Phi) is 7.31. The zero-order valence-corrected chi connectivity index (χ0v) is 22.8. The number of ether oxygens (including phenoxy) is 1. The number of sulfonamides is 1. The van der Waals surface area contributed by atoms with Crippen LogP contribution in [0.25, 0.3) is 5.69 Å². The third-order valence-corrected chi connectivity index (χ3v) is 9.05. The summed E-state index contributed by atoms with van der Waals surface area (Å²) < 4.78 is 34.8. The molecule has 0 radical (unpaired) electrons. The summed E-state index contributed by atoms with van der Waals surface area (Å²) >= 11 is 6.12. The fraction of sp³-hybridized carbons (Fsp3) is 0.400. The molecule has 0 atom stereocenters. The first-order chi connectivity index (χ1) is 18.6. The van der Waals surface area contributed by atoms with Crippen LogP contribution in [-0.2, 0) is 15.8 Å². The molecule has 0 unspecified atom stereocenters. The summed E-state index contributed by atoms with van der Waals surface area (Å²) in [6.45, 7) is 3.30. The largest absolute Gasteiger partial charge is 0.486 e. The van der Waals surface area contributed by atoms with Crippen molar-refractivity contribution in [1.82, 2.24) is 19.1 Å². The van der Waals surface area contributed by atoms with Crippen LogP contribution in [0.4, 0.5) is 11.5 Å². The summed E-state index contributed by atoms with van der Waals surface area (Å²) in [6, 6.07) is 9.66. The molecule has 12 nitrogen and oxygen atoms in total.